The molecule has 180 valence electrons. The second-order valence-corrected chi connectivity index (χ2v) is 7.44. The number of hydrogen-bond acceptors (Lipinski definition) is 7. The summed E-state index contributed by atoms with van der Waals surface area (Å²) in [5, 5.41) is 2.76. The molecule has 0 aliphatic carbocycles. The van der Waals surface area contributed by atoms with Crippen LogP contribution in [0.1, 0.15) is 22.8 Å². The van der Waals surface area contributed by atoms with E-state index in [1.807, 2.05) is 13.0 Å². The molecule has 1 N–H and O–H groups in total. The molecular weight excluding hydrogens is 450 g/mol. The number of benzene rings is 3. The quantitative estimate of drug-likeness (QED) is 0.335. The molecule has 0 aromatic heterocycles. The fraction of sp³-hybridized carbons (Fsp3) is 0.185. The standard InChI is InChI=1S/C27H25NO7/c1-3-32-25-14-18(8-11-21(29)19-10-13-24-26(15-19)35-17-34-24)9-12-23(25)33-16-27(30)28-20-6-4-5-7-22(20)31-2/h4-15H,3,16-17H2,1-2H3,(H,28,30)/b11-8+. The number of carbonyl (C=O) groups is 2. The highest BCUT2D eigenvalue weighted by Gasteiger charge is 2.15. The van der Waals surface area contributed by atoms with Crippen molar-refractivity contribution in [3.05, 3.63) is 77.9 Å². The third-order valence-electron chi connectivity index (χ3n) is 5.09. The Hall–Kier alpha value is -4.46. The number of hydrogen-bond donors (Lipinski definition) is 1. The molecule has 0 spiro atoms. The van der Waals surface area contributed by atoms with Gasteiger partial charge in [-0.25, -0.2) is 0 Å². The number of nitrogens with one attached hydrogen (secondary N) is 1. The molecule has 1 amide bonds. The number of anilines is 1. The van der Waals surface area contributed by atoms with Gasteiger partial charge in [0.05, 0.1) is 19.4 Å². The number of rotatable bonds is 10. The van der Waals surface area contributed by atoms with Gasteiger partial charge in [-0.15, -0.1) is 0 Å². The molecule has 0 radical (unpaired) electrons. The van der Waals surface area contributed by atoms with Gasteiger partial charge in [0.25, 0.3) is 5.91 Å². The molecule has 3 aromatic carbocycles. The fourth-order valence-corrected chi connectivity index (χ4v) is 3.41. The van der Waals surface area contributed by atoms with Crippen molar-refractivity contribution in [1.82, 2.24) is 0 Å². The van der Waals surface area contributed by atoms with Crippen LogP contribution in [0.4, 0.5) is 5.69 Å². The van der Waals surface area contributed by atoms with Gasteiger partial charge in [0, 0.05) is 5.56 Å². The lowest BCUT2D eigenvalue weighted by Crippen LogP contribution is -2.20. The lowest BCUT2D eigenvalue weighted by Gasteiger charge is -2.13. The molecule has 0 fully saturated rings. The average Bonchev–Trinajstić information content (AvgIpc) is 3.35. The minimum absolute atomic E-state index is 0.152. The van der Waals surface area contributed by atoms with E-state index in [-0.39, 0.29) is 25.1 Å². The van der Waals surface area contributed by atoms with Gasteiger partial charge in [-0.2, -0.15) is 0 Å². The monoisotopic (exact) mass is 475 g/mol. The zero-order valence-corrected chi connectivity index (χ0v) is 19.4. The Balaban J connectivity index is 1.40. The van der Waals surface area contributed by atoms with Crippen LogP contribution in [0, 0.1) is 0 Å². The van der Waals surface area contributed by atoms with E-state index in [9.17, 15) is 9.59 Å². The lowest BCUT2D eigenvalue weighted by atomic mass is 10.1. The highest BCUT2D eigenvalue weighted by atomic mass is 16.7. The number of ketones is 1. The van der Waals surface area contributed by atoms with Gasteiger partial charge >= 0.3 is 0 Å². The summed E-state index contributed by atoms with van der Waals surface area (Å²) < 4.78 is 27.2. The van der Waals surface area contributed by atoms with E-state index >= 15 is 0 Å². The minimum atomic E-state index is -0.338. The second-order valence-electron chi connectivity index (χ2n) is 7.44. The molecule has 1 heterocycles. The number of allylic oxidation sites excluding steroid dienone is 1. The lowest BCUT2D eigenvalue weighted by molar-refractivity contribution is -0.118. The van der Waals surface area contributed by atoms with Crippen LogP contribution in [0.25, 0.3) is 6.08 Å². The zero-order valence-electron chi connectivity index (χ0n) is 19.4. The Morgan fingerprint density at radius 2 is 1.77 bits per heavy atom. The van der Waals surface area contributed by atoms with Crippen LogP contribution in [0.3, 0.4) is 0 Å². The third kappa shape index (κ3) is 5.92. The summed E-state index contributed by atoms with van der Waals surface area (Å²) >= 11 is 0. The van der Waals surface area contributed by atoms with Crippen LogP contribution in [-0.4, -0.2) is 38.8 Å². The van der Waals surface area contributed by atoms with Gasteiger partial charge in [-0.05, 0) is 61.0 Å². The van der Waals surface area contributed by atoms with Crippen molar-refractivity contribution >= 4 is 23.5 Å². The molecule has 35 heavy (non-hydrogen) atoms. The maximum Gasteiger partial charge on any atom is 0.262 e. The largest absolute Gasteiger partial charge is 0.495 e. The van der Waals surface area contributed by atoms with Crippen LogP contribution in [0.2, 0.25) is 0 Å². The van der Waals surface area contributed by atoms with Gasteiger partial charge in [0.15, 0.2) is 35.4 Å². The number of ether oxygens (including phenoxy) is 5. The van der Waals surface area contributed by atoms with Crippen molar-refractivity contribution < 1.29 is 33.3 Å². The molecule has 1 aliphatic rings. The first-order valence-corrected chi connectivity index (χ1v) is 11.0. The van der Waals surface area contributed by atoms with Gasteiger partial charge < -0.3 is 29.0 Å². The van der Waals surface area contributed by atoms with Crippen LogP contribution >= 0.6 is 0 Å². The van der Waals surface area contributed by atoms with Crippen molar-refractivity contribution in [2.45, 2.75) is 6.92 Å². The Labute approximate surface area is 203 Å². The molecule has 1 aliphatic heterocycles. The molecular formula is C27H25NO7. The zero-order chi connectivity index (χ0) is 24.6. The van der Waals surface area contributed by atoms with E-state index in [2.05, 4.69) is 5.32 Å². The first kappa shape index (κ1) is 23.7. The van der Waals surface area contributed by atoms with Gasteiger partial charge in [0.2, 0.25) is 6.79 Å². The predicted molar refractivity (Wildman–Crippen MR) is 131 cm³/mol. The molecule has 8 heteroatoms. The van der Waals surface area contributed by atoms with E-state index in [1.165, 1.54) is 13.2 Å². The van der Waals surface area contributed by atoms with E-state index < -0.39 is 0 Å². The molecule has 8 nitrogen and oxygen atoms in total. The highest BCUT2D eigenvalue weighted by molar-refractivity contribution is 6.07. The summed E-state index contributed by atoms with van der Waals surface area (Å²) in [5.41, 5.74) is 1.80. The van der Waals surface area contributed by atoms with Crippen LogP contribution in [-0.2, 0) is 4.79 Å². The van der Waals surface area contributed by atoms with Crippen LogP contribution < -0.4 is 29.0 Å². The summed E-state index contributed by atoms with van der Waals surface area (Å²) in [4.78, 5) is 25.0. The molecule has 0 bridgehead atoms. The van der Waals surface area contributed by atoms with Gasteiger partial charge in [0.1, 0.15) is 5.75 Å². The van der Waals surface area contributed by atoms with Crippen LogP contribution in [0.15, 0.2) is 66.7 Å². The molecule has 0 atom stereocenters. The number of para-hydroxylation sites is 2. The van der Waals surface area contributed by atoms with Crippen molar-refractivity contribution in [2.24, 2.45) is 0 Å². The minimum Gasteiger partial charge on any atom is -0.495 e. The average molecular weight is 475 g/mol. The molecule has 3 aromatic rings. The second kappa shape index (κ2) is 11.1. The van der Waals surface area contributed by atoms with Crippen molar-refractivity contribution in [3.63, 3.8) is 0 Å². The number of carbonyl (C=O) groups excluding carboxylic acids is 2. The smallest absolute Gasteiger partial charge is 0.262 e. The summed E-state index contributed by atoms with van der Waals surface area (Å²) in [6, 6.07) is 17.4. The first-order chi connectivity index (χ1) is 17.1. The summed E-state index contributed by atoms with van der Waals surface area (Å²) in [5.74, 6) is 2.11. The SMILES string of the molecule is CCOc1cc(/C=C/C(=O)c2ccc3c(c2)OCO3)ccc1OCC(=O)Nc1ccccc1OC. The summed E-state index contributed by atoms with van der Waals surface area (Å²) in [6.07, 6.45) is 3.16. The van der Waals surface area contributed by atoms with Gasteiger partial charge in [-0.1, -0.05) is 24.3 Å². The van der Waals surface area contributed by atoms with Gasteiger partial charge in [-0.3, -0.25) is 9.59 Å². The third-order valence-corrected chi connectivity index (χ3v) is 5.09. The molecule has 0 saturated carbocycles. The molecule has 0 unspecified atom stereocenters. The maximum absolute atomic E-state index is 12.6. The van der Waals surface area contributed by atoms with E-state index in [4.69, 9.17) is 23.7 Å². The number of methoxy groups -OCH3 is 1. The topological polar surface area (TPSA) is 92.3 Å². The predicted octanol–water partition coefficient (Wildman–Crippen LogP) is 4.74. The van der Waals surface area contributed by atoms with Crippen molar-refractivity contribution in [3.8, 4) is 28.7 Å². The Morgan fingerprint density at radius 1 is 0.943 bits per heavy atom. The summed E-state index contributed by atoms with van der Waals surface area (Å²) in [6.45, 7) is 2.20. The highest BCUT2D eigenvalue weighted by Crippen LogP contribution is 2.33. The van der Waals surface area contributed by atoms with E-state index in [0.29, 0.717) is 46.6 Å². The Kier molecular flexibility index (Phi) is 7.52. The molecule has 0 saturated heterocycles. The number of fused-ring (bicyclic) bond motifs is 1. The summed E-state index contributed by atoms with van der Waals surface area (Å²) in [7, 11) is 1.54. The normalized spacial score (nSPS) is 11.8. The van der Waals surface area contributed by atoms with Crippen LogP contribution in [0.5, 0.6) is 28.7 Å². The number of amides is 1. The van der Waals surface area contributed by atoms with E-state index in [1.54, 1.807) is 60.7 Å². The van der Waals surface area contributed by atoms with E-state index in [0.717, 1.165) is 5.56 Å². The van der Waals surface area contributed by atoms with Crippen molar-refractivity contribution in [1.29, 1.82) is 0 Å². The maximum atomic E-state index is 12.6. The van der Waals surface area contributed by atoms with Crippen molar-refractivity contribution in [2.75, 3.05) is 32.4 Å². The fourth-order valence-electron chi connectivity index (χ4n) is 3.41. The Morgan fingerprint density at radius 3 is 2.60 bits per heavy atom. The Bertz CT molecular complexity index is 1250. The first-order valence-electron chi connectivity index (χ1n) is 11.0. The molecule has 4 rings (SSSR count).